The summed E-state index contributed by atoms with van der Waals surface area (Å²) in [6, 6.07) is 16.3. The average Bonchev–Trinajstić information content (AvgIpc) is 2.83. The molecule has 0 aliphatic carbocycles. The van der Waals surface area contributed by atoms with Crippen molar-refractivity contribution < 1.29 is 0 Å². The quantitative estimate of drug-likeness (QED) is 0.587. The predicted octanol–water partition coefficient (Wildman–Crippen LogP) is 4.69. The summed E-state index contributed by atoms with van der Waals surface area (Å²) in [6.45, 7) is 9.13. The highest BCUT2D eigenvalue weighted by molar-refractivity contribution is 5.86. The molecule has 0 bridgehead atoms. The number of benzene rings is 2. The molecule has 0 aliphatic rings. The molecule has 3 aromatic rings. The van der Waals surface area contributed by atoms with Crippen molar-refractivity contribution in [1.29, 1.82) is 0 Å². The molecule has 0 amide bonds. The molecule has 1 N–H and O–H groups in total. The summed E-state index contributed by atoms with van der Waals surface area (Å²) in [7, 11) is 0. The normalized spacial score (nSPS) is 10.4. The third-order valence-corrected chi connectivity index (χ3v) is 3.17. The second kappa shape index (κ2) is 4.05. The van der Waals surface area contributed by atoms with Crippen LogP contribution in [-0.4, -0.2) is 4.98 Å². The maximum Gasteiger partial charge on any atom is 0.190 e. The van der Waals surface area contributed by atoms with E-state index in [0.29, 0.717) is 5.69 Å². The molecule has 0 saturated heterocycles. The first-order chi connectivity index (χ1) is 8.78. The minimum atomic E-state index is 0.714. The summed E-state index contributed by atoms with van der Waals surface area (Å²) in [4.78, 5) is 6.93. The summed E-state index contributed by atoms with van der Waals surface area (Å²) in [5, 5.41) is 1.19. The van der Waals surface area contributed by atoms with Gasteiger partial charge in [-0.2, -0.15) is 0 Å². The lowest BCUT2D eigenvalue weighted by Crippen LogP contribution is -1.79. The Kier molecular flexibility index (Phi) is 2.39. The largest absolute Gasteiger partial charge is 0.355 e. The molecule has 0 saturated carbocycles. The van der Waals surface area contributed by atoms with Crippen LogP contribution in [0.5, 0.6) is 0 Å². The Morgan fingerprint density at radius 3 is 2.67 bits per heavy atom. The lowest BCUT2D eigenvalue weighted by atomic mass is 10.1. The van der Waals surface area contributed by atoms with Gasteiger partial charge in [-0.05, 0) is 36.2 Å². The Morgan fingerprint density at radius 1 is 1.06 bits per heavy atom. The van der Waals surface area contributed by atoms with E-state index >= 15 is 0 Å². The molecule has 2 heteroatoms. The molecule has 0 atom stereocenters. The zero-order chi connectivity index (χ0) is 12.5. The minimum absolute atomic E-state index is 0.714. The second-order valence-corrected chi connectivity index (χ2v) is 4.38. The summed E-state index contributed by atoms with van der Waals surface area (Å²) < 4.78 is 0. The van der Waals surface area contributed by atoms with Crippen molar-refractivity contribution in [3.05, 3.63) is 65.5 Å². The van der Waals surface area contributed by atoms with E-state index in [1.165, 1.54) is 5.39 Å². The number of H-pyrrole nitrogens is 1. The number of rotatable bonds is 1. The van der Waals surface area contributed by atoms with Crippen molar-refractivity contribution in [2.75, 3.05) is 0 Å². The molecule has 0 radical (unpaired) electrons. The SMILES string of the molecule is [C-]#[N+]c1cc(-c2cc3ccccc3[nH]2)ccc1C. The fourth-order valence-corrected chi connectivity index (χ4v) is 2.13. The molecule has 0 fully saturated rings. The molecular weight excluding hydrogens is 220 g/mol. The number of aryl methyl sites for hydroxylation is 1. The molecule has 0 aliphatic heterocycles. The van der Waals surface area contributed by atoms with E-state index in [4.69, 9.17) is 6.57 Å². The van der Waals surface area contributed by atoms with E-state index in [0.717, 1.165) is 22.3 Å². The lowest BCUT2D eigenvalue weighted by Gasteiger charge is -2.01. The van der Waals surface area contributed by atoms with Crippen molar-refractivity contribution in [2.24, 2.45) is 0 Å². The van der Waals surface area contributed by atoms with Crippen molar-refractivity contribution in [1.82, 2.24) is 4.98 Å². The molecule has 86 valence electrons. The zero-order valence-corrected chi connectivity index (χ0v) is 10.1. The van der Waals surface area contributed by atoms with Gasteiger partial charge in [0.25, 0.3) is 0 Å². The van der Waals surface area contributed by atoms with E-state index in [1.54, 1.807) is 0 Å². The van der Waals surface area contributed by atoms with Crippen LogP contribution in [0.15, 0.2) is 48.5 Å². The van der Waals surface area contributed by atoms with Gasteiger partial charge in [0.2, 0.25) is 0 Å². The van der Waals surface area contributed by atoms with Gasteiger partial charge in [-0.15, -0.1) is 0 Å². The van der Waals surface area contributed by atoms with E-state index in [9.17, 15) is 0 Å². The minimum Gasteiger partial charge on any atom is -0.355 e. The van der Waals surface area contributed by atoms with Crippen LogP contribution in [0.3, 0.4) is 0 Å². The van der Waals surface area contributed by atoms with Gasteiger partial charge in [0.1, 0.15) is 0 Å². The standard InChI is InChI=1S/C16H12N2/c1-11-7-8-13(9-15(11)17-2)16-10-12-5-3-4-6-14(12)18-16/h3-10,18H,1H3. The summed E-state index contributed by atoms with van der Waals surface area (Å²) in [5.74, 6) is 0. The van der Waals surface area contributed by atoms with Gasteiger partial charge < -0.3 is 4.98 Å². The summed E-state index contributed by atoms with van der Waals surface area (Å²) in [5.41, 5.74) is 4.97. The van der Waals surface area contributed by atoms with E-state index in [-0.39, 0.29) is 0 Å². The summed E-state index contributed by atoms with van der Waals surface area (Å²) >= 11 is 0. The lowest BCUT2D eigenvalue weighted by molar-refractivity contribution is 1.43. The number of nitrogens with one attached hydrogen (secondary N) is 1. The molecule has 0 unspecified atom stereocenters. The molecule has 18 heavy (non-hydrogen) atoms. The number of hydrogen-bond donors (Lipinski definition) is 1. The van der Waals surface area contributed by atoms with Crippen LogP contribution in [-0.2, 0) is 0 Å². The fourth-order valence-electron chi connectivity index (χ4n) is 2.13. The second-order valence-electron chi connectivity index (χ2n) is 4.38. The van der Waals surface area contributed by atoms with Crippen LogP contribution in [0.4, 0.5) is 5.69 Å². The highest BCUT2D eigenvalue weighted by atomic mass is 14.7. The smallest absolute Gasteiger partial charge is 0.190 e. The van der Waals surface area contributed by atoms with Crippen LogP contribution in [0, 0.1) is 13.5 Å². The molecule has 3 rings (SSSR count). The van der Waals surface area contributed by atoms with Crippen molar-refractivity contribution in [2.45, 2.75) is 6.92 Å². The van der Waals surface area contributed by atoms with Crippen LogP contribution in [0.2, 0.25) is 0 Å². The van der Waals surface area contributed by atoms with Gasteiger partial charge in [0, 0.05) is 16.6 Å². The van der Waals surface area contributed by atoms with Crippen molar-refractivity contribution in [3.63, 3.8) is 0 Å². The van der Waals surface area contributed by atoms with Gasteiger partial charge in [-0.1, -0.05) is 30.3 Å². The highest BCUT2D eigenvalue weighted by Crippen LogP contribution is 2.28. The monoisotopic (exact) mass is 232 g/mol. The number of hydrogen-bond acceptors (Lipinski definition) is 0. The zero-order valence-electron chi connectivity index (χ0n) is 10.1. The number of fused-ring (bicyclic) bond motifs is 1. The molecule has 1 aromatic heterocycles. The van der Waals surface area contributed by atoms with Gasteiger partial charge >= 0.3 is 0 Å². The van der Waals surface area contributed by atoms with Crippen LogP contribution >= 0.6 is 0 Å². The first-order valence-electron chi connectivity index (χ1n) is 5.84. The van der Waals surface area contributed by atoms with E-state index < -0.39 is 0 Å². The van der Waals surface area contributed by atoms with Crippen LogP contribution in [0.1, 0.15) is 5.56 Å². The van der Waals surface area contributed by atoms with Crippen molar-refractivity contribution >= 4 is 16.6 Å². The number of aromatic nitrogens is 1. The molecule has 2 aromatic carbocycles. The molecule has 0 spiro atoms. The van der Waals surface area contributed by atoms with Crippen LogP contribution in [0.25, 0.3) is 27.0 Å². The van der Waals surface area contributed by atoms with Gasteiger partial charge in [0.05, 0.1) is 6.57 Å². The van der Waals surface area contributed by atoms with E-state index in [1.807, 2.05) is 31.2 Å². The molecular formula is C16H12N2. The molecule has 2 nitrogen and oxygen atoms in total. The Morgan fingerprint density at radius 2 is 1.89 bits per heavy atom. The van der Waals surface area contributed by atoms with Crippen molar-refractivity contribution in [3.8, 4) is 11.3 Å². The topological polar surface area (TPSA) is 20.1 Å². The van der Waals surface area contributed by atoms with Gasteiger partial charge in [-0.25, -0.2) is 4.85 Å². The van der Waals surface area contributed by atoms with E-state index in [2.05, 4.69) is 34.1 Å². The maximum atomic E-state index is 7.17. The molecule has 1 heterocycles. The van der Waals surface area contributed by atoms with Gasteiger partial charge in [0.15, 0.2) is 5.69 Å². The van der Waals surface area contributed by atoms with Gasteiger partial charge in [-0.3, -0.25) is 0 Å². The Bertz CT molecular complexity index is 727. The third-order valence-electron chi connectivity index (χ3n) is 3.17. The third kappa shape index (κ3) is 1.66. The Labute approximate surface area is 106 Å². The number of aromatic amines is 1. The maximum absolute atomic E-state index is 7.17. The first kappa shape index (κ1) is 10.6. The summed E-state index contributed by atoms with van der Waals surface area (Å²) in [6.07, 6.45) is 0. The highest BCUT2D eigenvalue weighted by Gasteiger charge is 2.05. The number of para-hydroxylation sites is 1. The Hall–Kier alpha value is -2.53. The predicted molar refractivity (Wildman–Crippen MR) is 74.7 cm³/mol. The number of nitrogens with zero attached hydrogens (tertiary/aromatic N) is 1. The Balaban J connectivity index is 2.17. The average molecular weight is 232 g/mol. The first-order valence-corrected chi connectivity index (χ1v) is 5.84. The van der Waals surface area contributed by atoms with Crippen LogP contribution < -0.4 is 0 Å². The fraction of sp³-hybridized carbons (Fsp3) is 0.0625.